The van der Waals surface area contributed by atoms with Gasteiger partial charge < -0.3 is 29.9 Å². The van der Waals surface area contributed by atoms with Gasteiger partial charge in [0.1, 0.15) is 0 Å². The summed E-state index contributed by atoms with van der Waals surface area (Å²) in [5.74, 6) is 8.13. The summed E-state index contributed by atoms with van der Waals surface area (Å²) in [6.07, 6.45) is 33.6. The molecule has 1 nitrogen and oxygen atoms in total. The van der Waals surface area contributed by atoms with E-state index in [2.05, 4.69) is 55.5 Å². The van der Waals surface area contributed by atoms with Gasteiger partial charge in [-0.3, -0.25) is 0 Å². The number of fused-ring (bicyclic) bond motifs is 6. The van der Waals surface area contributed by atoms with Crippen molar-refractivity contribution in [1.82, 2.24) is 0 Å². The summed E-state index contributed by atoms with van der Waals surface area (Å²) in [5, 5.41) is 9.99. The Bertz CT molecular complexity index is 759. The smallest absolute Gasteiger partial charge is 1.00 e. The van der Waals surface area contributed by atoms with Crippen LogP contribution in [0.1, 0.15) is 71.1 Å². The van der Waals surface area contributed by atoms with Gasteiger partial charge in [0.05, 0.1) is 0 Å². The Balaban J connectivity index is 0.00000114. The van der Waals surface area contributed by atoms with E-state index in [4.69, 9.17) is 0 Å². The molecule has 192 valence electrons. The van der Waals surface area contributed by atoms with Crippen molar-refractivity contribution in [2.24, 2.45) is 64.6 Å². The Labute approximate surface area is 245 Å². The number of aliphatic hydroxyl groups is 1. The maximum atomic E-state index is 9.99. The third-order valence-corrected chi connectivity index (χ3v) is 11.3. The van der Waals surface area contributed by atoms with Crippen molar-refractivity contribution in [3.63, 3.8) is 0 Å². The molecule has 6 aliphatic carbocycles. The van der Waals surface area contributed by atoms with Crippen molar-refractivity contribution in [1.29, 1.82) is 0 Å². The first-order valence-corrected chi connectivity index (χ1v) is 14.0. The van der Waals surface area contributed by atoms with Crippen LogP contribution >= 0.6 is 0 Å². The fourth-order valence-corrected chi connectivity index (χ4v) is 10.5. The first-order chi connectivity index (χ1) is 15.7. The predicted molar refractivity (Wildman–Crippen MR) is 133 cm³/mol. The van der Waals surface area contributed by atoms with E-state index in [1.807, 2.05) is 0 Å². The topological polar surface area (TPSA) is 20.2 Å². The molecular weight excluding hydrogens is 550 g/mol. The molecular formula is C31H44Cl2OZr. The number of hydrogen-bond acceptors (Lipinski definition) is 1. The molecule has 6 rings (SSSR count). The average molecular weight is 595 g/mol. The first-order valence-electron chi connectivity index (χ1n) is 14.0. The number of rotatable bonds is 5. The quantitative estimate of drug-likeness (QED) is 0.510. The second kappa shape index (κ2) is 12.5. The van der Waals surface area contributed by atoms with Crippen molar-refractivity contribution in [2.45, 2.75) is 71.1 Å². The zero-order chi connectivity index (χ0) is 21.7. The van der Waals surface area contributed by atoms with E-state index in [0.29, 0.717) is 12.0 Å². The Kier molecular flexibility index (Phi) is 10.7. The standard InChI is InChI=1S/C31H44O.2ClH.Zr/c1-31(19-10-20-32,29-25-15-6-2-11-21(25)22-12-3-7-16-26(22)29)30-27-17-8-4-13-23(27)24-14-5-9-18-28(24)30;;;/h2,4,6,8,11,13,15,17,21-30,32H,3,5,7,9-10,12,14,16,18-20H2,1H3;2*1H;/q;;;+2/p-2. The van der Waals surface area contributed by atoms with Crippen LogP contribution in [0.3, 0.4) is 0 Å². The van der Waals surface area contributed by atoms with Gasteiger partial charge >= 0.3 is 26.2 Å². The van der Waals surface area contributed by atoms with E-state index in [9.17, 15) is 5.11 Å². The summed E-state index contributed by atoms with van der Waals surface area (Å²) in [6, 6.07) is 0. The third kappa shape index (κ3) is 4.95. The van der Waals surface area contributed by atoms with Gasteiger partial charge in [-0.25, -0.2) is 0 Å². The fraction of sp³-hybridized carbons (Fsp3) is 0.742. The van der Waals surface area contributed by atoms with E-state index in [0.717, 1.165) is 65.6 Å². The second-order valence-corrected chi connectivity index (χ2v) is 12.5. The molecule has 1 N–H and O–H groups in total. The largest absolute Gasteiger partial charge is 2.00 e. The van der Waals surface area contributed by atoms with Crippen LogP contribution in [-0.2, 0) is 26.2 Å². The van der Waals surface area contributed by atoms with Crippen molar-refractivity contribution in [2.75, 3.05) is 6.61 Å². The van der Waals surface area contributed by atoms with Gasteiger partial charge in [0, 0.05) is 6.61 Å². The SMILES string of the molecule is CC(CCCO)(C1C2C=CC=CC2C2CCCCC21)C1C2C=CC=CC2C2CCCCC21.[Cl-].[Cl-].[Zr+2]. The molecule has 6 aliphatic rings. The van der Waals surface area contributed by atoms with E-state index < -0.39 is 0 Å². The maximum Gasteiger partial charge on any atom is 2.00 e. The summed E-state index contributed by atoms with van der Waals surface area (Å²) < 4.78 is 0. The summed E-state index contributed by atoms with van der Waals surface area (Å²) in [6.45, 7) is 3.07. The molecule has 0 heterocycles. The van der Waals surface area contributed by atoms with Gasteiger partial charge in [0.15, 0.2) is 0 Å². The first kappa shape index (κ1) is 29.9. The molecule has 0 amide bonds. The summed E-state index contributed by atoms with van der Waals surface area (Å²) >= 11 is 0. The Hall–Kier alpha value is 0.383. The van der Waals surface area contributed by atoms with E-state index in [1.54, 1.807) is 0 Å². The molecule has 0 radical (unpaired) electrons. The Morgan fingerprint density at radius 1 is 0.629 bits per heavy atom. The zero-order valence-electron chi connectivity index (χ0n) is 21.4. The van der Waals surface area contributed by atoms with Crippen molar-refractivity contribution in [3.05, 3.63) is 48.6 Å². The normalized spacial score (nSPS) is 43.9. The minimum Gasteiger partial charge on any atom is -1.00 e. The van der Waals surface area contributed by atoms with Crippen LogP contribution in [0.4, 0.5) is 0 Å². The molecule has 4 heteroatoms. The van der Waals surface area contributed by atoms with Gasteiger partial charge in [-0.2, -0.15) is 0 Å². The zero-order valence-corrected chi connectivity index (χ0v) is 25.3. The van der Waals surface area contributed by atoms with E-state index >= 15 is 0 Å². The molecule has 0 aromatic heterocycles. The van der Waals surface area contributed by atoms with Crippen LogP contribution in [-0.4, -0.2) is 11.7 Å². The van der Waals surface area contributed by atoms with Gasteiger partial charge in [-0.15, -0.1) is 0 Å². The van der Waals surface area contributed by atoms with Crippen LogP contribution in [0.25, 0.3) is 0 Å². The number of halogens is 2. The Morgan fingerprint density at radius 3 is 1.40 bits per heavy atom. The minimum absolute atomic E-state index is 0. The van der Waals surface area contributed by atoms with Gasteiger partial charge in [0.2, 0.25) is 0 Å². The molecule has 0 spiro atoms. The summed E-state index contributed by atoms with van der Waals surface area (Å²) in [5.41, 5.74) is 0.327. The molecule has 0 aromatic carbocycles. The van der Waals surface area contributed by atoms with Crippen molar-refractivity contribution >= 4 is 0 Å². The number of hydrogen-bond donors (Lipinski definition) is 1. The molecule has 0 aliphatic heterocycles. The van der Waals surface area contributed by atoms with Crippen molar-refractivity contribution < 1.29 is 56.1 Å². The summed E-state index contributed by atoms with van der Waals surface area (Å²) in [7, 11) is 0. The van der Waals surface area contributed by atoms with E-state index in [-0.39, 0.29) is 51.0 Å². The molecule has 10 atom stereocenters. The van der Waals surface area contributed by atoms with Crippen molar-refractivity contribution in [3.8, 4) is 0 Å². The molecule has 4 saturated carbocycles. The number of allylic oxidation sites excluding steroid dienone is 8. The van der Waals surface area contributed by atoms with Gasteiger partial charge in [0.25, 0.3) is 0 Å². The molecule has 10 unspecified atom stereocenters. The van der Waals surface area contributed by atoms with Crippen LogP contribution in [0.15, 0.2) is 48.6 Å². The van der Waals surface area contributed by atoms with Crippen LogP contribution < -0.4 is 24.8 Å². The molecule has 0 aromatic rings. The van der Waals surface area contributed by atoms with Gasteiger partial charge in [-0.1, -0.05) is 81.2 Å². The summed E-state index contributed by atoms with van der Waals surface area (Å²) in [4.78, 5) is 0. The predicted octanol–water partition coefficient (Wildman–Crippen LogP) is 1.36. The Morgan fingerprint density at radius 2 is 1.00 bits per heavy atom. The van der Waals surface area contributed by atoms with Crippen LogP contribution in [0, 0.1) is 64.6 Å². The fourth-order valence-electron chi connectivity index (χ4n) is 10.5. The molecule has 0 bridgehead atoms. The molecule has 35 heavy (non-hydrogen) atoms. The van der Waals surface area contributed by atoms with Crippen LogP contribution in [0.5, 0.6) is 0 Å². The average Bonchev–Trinajstić information content (AvgIpc) is 3.37. The third-order valence-electron chi connectivity index (χ3n) is 11.3. The van der Waals surface area contributed by atoms with Crippen LogP contribution in [0.2, 0.25) is 0 Å². The van der Waals surface area contributed by atoms with E-state index in [1.165, 1.54) is 57.8 Å². The minimum atomic E-state index is 0. The molecule has 4 fully saturated rings. The molecule has 0 saturated heterocycles. The monoisotopic (exact) mass is 592 g/mol. The maximum absolute atomic E-state index is 9.99. The number of aliphatic hydroxyl groups excluding tert-OH is 1. The van der Waals surface area contributed by atoms with Gasteiger partial charge in [-0.05, 0) is 103 Å². The second-order valence-electron chi connectivity index (χ2n) is 12.5.